The molecule has 2 fully saturated rings. The molecule has 17 heavy (non-hydrogen) atoms. The number of hydrogen-bond acceptors (Lipinski definition) is 3. The molecule has 98 valence electrons. The van der Waals surface area contributed by atoms with E-state index < -0.39 is 0 Å². The summed E-state index contributed by atoms with van der Waals surface area (Å²) in [5.74, 6) is 2.59. The van der Waals surface area contributed by atoms with Gasteiger partial charge in [-0.25, -0.2) is 0 Å². The molecule has 1 amide bonds. The first-order valence-electron chi connectivity index (χ1n) is 6.98. The average molecular weight is 256 g/mol. The van der Waals surface area contributed by atoms with Crippen molar-refractivity contribution in [2.45, 2.75) is 57.0 Å². The van der Waals surface area contributed by atoms with Gasteiger partial charge in [0, 0.05) is 11.8 Å². The van der Waals surface area contributed by atoms with Crippen LogP contribution in [0.1, 0.15) is 44.9 Å². The predicted octanol–water partition coefficient (Wildman–Crippen LogP) is 1.92. The topological polar surface area (TPSA) is 41.1 Å². The summed E-state index contributed by atoms with van der Waals surface area (Å²) in [6.45, 7) is 0.998. The Balaban J connectivity index is 1.76. The molecule has 2 atom stereocenters. The van der Waals surface area contributed by atoms with Crippen molar-refractivity contribution < 1.29 is 4.79 Å². The molecule has 0 saturated carbocycles. The zero-order valence-electron chi connectivity index (χ0n) is 10.5. The molecule has 4 heteroatoms. The van der Waals surface area contributed by atoms with Gasteiger partial charge in [-0.1, -0.05) is 19.3 Å². The smallest absolute Gasteiger partial charge is 0.237 e. The van der Waals surface area contributed by atoms with E-state index in [-0.39, 0.29) is 11.9 Å². The molecule has 3 nitrogen and oxygen atoms in total. The first-order valence-corrected chi connectivity index (χ1v) is 8.13. The number of amides is 1. The maximum atomic E-state index is 12.1. The number of carbonyl (C=O) groups is 1. The number of carbonyl (C=O) groups excluding carboxylic acids is 1. The van der Waals surface area contributed by atoms with Crippen LogP contribution in [0.2, 0.25) is 0 Å². The van der Waals surface area contributed by atoms with Crippen molar-refractivity contribution in [1.29, 1.82) is 0 Å². The highest BCUT2D eigenvalue weighted by atomic mass is 32.2. The van der Waals surface area contributed by atoms with E-state index in [2.05, 4.69) is 10.6 Å². The fraction of sp³-hybridized carbons (Fsp3) is 0.923. The SMILES string of the molecule is O=C(NC1CCCSC1)C1CCCCCCN1. The summed E-state index contributed by atoms with van der Waals surface area (Å²) in [5.41, 5.74) is 0. The summed E-state index contributed by atoms with van der Waals surface area (Å²) in [4.78, 5) is 12.1. The summed E-state index contributed by atoms with van der Waals surface area (Å²) >= 11 is 1.96. The second kappa shape index (κ2) is 7.27. The molecule has 0 aromatic rings. The first kappa shape index (κ1) is 13.2. The molecule has 0 spiro atoms. The molecule has 0 aromatic carbocycles. The van der Waals surface area contributed by atoms with E-state index in [1.165, 1.54) is 37.9 Å². The second-order valence-corrected chi connectivity index (χ2v) is 6.28. The predicted molar refractivity (Wildman–Crippen MR) is 73.4 cm³/mol. The molecule has 0 bridgehead atoms. The van der Waals surface area contributed by atoms with Gasteiger partial charge >= 0.3 is 0 Å². The number of nitrogens with one attached hydrogen (secondary N) is 2. The van der Waals surface area contributed by atoms with Gasteiger partial charge in [-0.3, -0.25) is 4.79 Å². The third-order valence-corrected chi connectivity index (χ3v) is 4.85. The van der Waals surface area contributed by atoms with Crippen LogP contribution in [-0.2, 0) is 4.79 Å². The molecule has 2 heterocycles. The van der Waals surface area contributed by atoms with E-state index in [0.29, 0.717) is 6.04 Å². The highest BCUT2D eigenvalue weighted by Gasteiger charge is 2.22. The van der Waals surface area contributed by atoms with Crippen LogP contribution in [0.3, 0.4) is 0 Å². The van der Waals surface area contributed by atoms with E-state index in [1.54, 1.807) is 0 Å². The van der Waals surface area contributed by atoms with Gasteiger partial charge in [0.25, 0.3) is 0 Å². The van der Waals surface area contributed by atoms with Gasteiger partial charge in [0.05, 0.1) is 6.04 Å². The fourth-order valence-electron chi connectivity index (χ4n) is 2.59. The summed E-state index contributed by atoms with van der Waals surface area (Å²) in [7, 11) is 0. The van der Waals surface area contributed by atoms with E-state index in [1.807, 2.05) is 11.8 Å². The third-order valence-electron chi connectivity index (χ3n) is 3.63. The molecule has 0 aliphatic carbocycles. The summed E-state index contributed by atoms with van der Waals surface area (Å²) in [6, 6.07) is 0.468. The van der Waals surface area contributed by atoms with Gasteiger partial charge in [0.15, 0.2) is 0 Å². The minimum Gasteiger partial charge on any atom is -0.351 e. The molecule has 2 saturated heterocycles. The maximum Gasteiger partial charge on any atom is 0.237 e. The zero-order chi connectivity index (χ0) is 11.9. The normalized spacial score (nSPS) is 31.3. The zero-order valence-corrected chi connectivity index (χ0v) is 11.4. The number of rotatable bonds is 2. The van der Waals surface area contributed by atoms with Gasteiger partial charge in [0.1, 0.15) is 0 Å². The van der Waals surface area contributed by atoms with Crippen LogP contribution in [0.25, 0.3) is 0 Å². The van der Waals surface area contributed by atoms with Crippen LogP contribution in [0.15, 0.2) is 0 Å². The lowest BCUT2D eigenvalue weighted by molar-refractivity contribution is -0.124. The Bertz CT molecular complexity index is 234. The lowest BCUT2D eigenvalue weighted by atomic mass is 10.0. The van der Waals surface area contributed by atoms with E-state index in [0.717, 1.165) is 25.1 Å². The van der Waals surface area contributed by atoms with Gasteiger partial charge < -0.3 is 10.6 Å². The van der Waals surface area contributed by atoms with E-state index in [9.17, 15) is 4.79 Å². The van der Waals surface area contributed by atoms with Crippen molar-refractivity contribution in [3.05, 3.63) is 0 Å². The molecular formula is C13H24N2OS. The van der Waals surface area contributed by atoms with Crippen LogP contribution in [0.5, 0.6) is 0 Å². The van der Waals surface area contributed by atoms with E-state index >= 15 is 0 Å². The Hall–Kier alpha value is -0.220. The highest BCUT2D eigenvalue weighted by molar-refractivity contribution is 7.99. The summed E-state index contributed by atoms with van der Waals surface area (Å²) in [6.07, 6.45) is 8.39. The molecule has 2 rings (SSSR count). The van der Waals surface area contributed by atoms with Crippen molar-refractivity contribution in [2.24, 2.45) is 0 Å². The minimum absolute atomic E-state index is 0.0576. The molecule has 2 aliphatic heterocycles. The van der Waals surface area contributed by atoms with Crippen molar-refractivity contribution in [2.75, 3.05) is 18.1 Å². The van der Waals surface area contributed by atoms with Crippen LogP contribution in [0.4, 0.5) is 0 Å². The molecule has 2 aliphatic rings. The van der Waals surface area contributed by atoms with Gasteiger partial charge in [0.2, 0.25) is 5.91 Å². The quantitative estimate of drug-likeness (QED) is 0.793. The van der Waals surface area contributed by atoms with Crippen molar-refractivity contribution in [1.82, 2.24) is 10.6 Å². The summed E-state index contributed by atoms with van der Waals surface area (Å²) < 4.78 is 0. The molecule has 2 N–H and O–H groups in total. The van der Waals surface area contributed by atoms with Gasteiger partial charge in [-0.15, -0.1) is 0 Å². The van der Waals surface area contributed by atoms with E-state index in [4.69, 9.17) is 0 Å². The standard InChI is InChI=1S/C13H24N2OS/c16-13(15-11-6-5-9-17-10-11)12-7-3-1-2-4-8-14-12/h11-12,14H,1-10H2,(H,15,16). The van der Waals surface area contributed by atoms with Crippen molar-refractivity contribution in [3.8, 4) is 0 Å². The van der Waals surface area contributed by atoms with Crippen molar-refractivity contribution in [3.63, 3.8) is 0 Å². The number of hydrogen-bond donors (Lipinski definition) is 2. The maximum absolute atomic E-state index is 12.1. The van der Waals surface area contributed by atoms with Crippen LogP contribution < -0.4 is 10.6 Å². The van der Waals surface area contributed by atoms with Crippen LogP contribution in [-0.4, -0.2) is 36.0 Å². The Morgan fingerprint density at radius 2 is 2.00 bits per heavy atom. The molecular weight excluding hydrogens is 232 g/mol. The van der Waals surface area contributed by atoms with Crippen LogP contribution in [0, 0.1) is 0 Å². The van der Waals surface area contributed by atoms with Crippen LogP contribution >= 0.6 is 11.8 Å². The average Bonchev–Trinajstić information content (AvgIpc) is 2.29. The Labute approximate surface area is 108 Å². The van der Waals surface area contributed by atoms with Gasteiger partial charge in [-0.05, 0) is 38.0 Å². The second-order valence-electron chi connectivity index (χ2n) is 5.13. The monoisotopic (exact) mass is 256 g/mol. The minimum atomic E-state index is 0.0576. The van der Waals surface area contributed by atoms with Gasteiger partial charge in [-0.2, -0.15) is 11.8 Å². The number of thioether (sulfide) groups is 1. The molecule has 0 radical (unpaired) electrons. The third kappa shape index (κ3) is 4.51. The fourth-order valence-corrected chi connectivity index (χ4v) is 3.66. The highest BCUT2D eigenvalue weighted by Crippen LogP contribution is 2.17. The Morgan fingerprint density at radius 1 is 1.12 bits per heavy atom. The Kier molecular flexibility index (Phi) is 5.65. The summed E-state index contributed by atoms with van der Waals surface area (Å²) in [5, 5.41) is 6.61. The molecule has 0 aromatic heterocycles. The van der Waals surface area contributed by atoms with Crippen molar-refractivity contribution >= 4 is 17.7 Å². The lowest BCUT2D eigenvalue weighted by Gasteiger charge is -2.26. The first-order chi connectivity index (χ1) is 8.36. The largest absolute Gasteiger partial charge is 0.351 e. The molecule has 2 unspecified atom stereocenters. The Morgan fingerprint density at radius 3 is 2.82 bits per heavy atom. The lowest BCUT2D eigenvalue weighted by Crippen LogP contribution is -2.49.